The van der Waals surface area contributed by atoms with Crippen LogP contribution in [0.5, 0.6) is 0 Å². The van der Waals surface area contributed by atoms with E-state index < -0.39 is 89.2 Å². The summed E-state index contributed by atoms with van der Waals surface area (Å²) in [5, 5.41) is 0. The number of aromatic amines is 3. The number of nitrogens with two attached hydrogens (primary N) is 3. The van der Waals surface area contributed by atoms with Gasteiger partial charge in [0.15, 0.2) is 50.8 Å². The second kappa shape index (κ2) is 37.6. The number of anilines is 3. The monoisotopic (exact) mass is 1470 g/mol. The molecule has 0 aliphatic heterocycles. The summed E-state index contributed by atoms with van der Waals surface area (Å²) in [4.78, 5) is 103. The largest absolute Gasteiger partial charge is 0.369 e. The number of carbonyl (C=O) groups excluding carboxylic acids is 3. The van der Waals surface area contributed by atoms with E-state index in [9.17, 15) is 55.6 Å². The molecule has 3 unspecified atom stereocenters. The first-order valence-electron chi connectivity index (χ1n) is 31.3. The van der Waals surface area contributed by atoms with Gasteiger partial charge in [-0.25, -0.2) is 28.1 Å². The SMILES string of the molecule is C=CCC(=O)COP(=O)(COCCn1cnc2c(=O)[nH]c(N)nc21)OCc1cccc(F)c1.CCC(=O)COP(=O)(COCCn1cnc2c(=O)[nH]c(N)nc21)OCc1cccc(F)c1.Nc1nc2c(ncn2CCOCP(=O)(OCC(=O)C2CCCCC2)OCc2cccc(F)c2)c(=O)[nH]1. The lowest BCUT2D eigenvalue weighted by Crippen LogP contribution is -2.22. The summed E-state index contributed by atoms with van der Waals surface area (Å²) in [5.41, 5.74) is 18.0. The van der Waals surface area contributed by atoms with Crippen molar-refractivity contribution in [3.8, 4) is 0 Å². The zero-order chi connectivity index (χ0) is 72.5. The molecule has 0 radical (unpaired) electrons. The number of H-pyrrole nitrogens is 3. The number of rotatable bonds is 37. The van der Waals surface area contributed by atoms with E-state index in [1.165, 1.54) is 79.7 Å². The topological polar surface area (TPSA) is 454 Å². The lowest BCUT2D eigenvalue weighted by Gasteiger charge is -2.22. The molecule has 6 heterocycles. The molecule has 6 aromatic heterocycles. The van der Waals surface area contributed by atoms with Crippen molar-refractivity contribution >= 4 is 91.5 Å². The normalized spacial score (nSPS) is 14.3. The molecule has 101 heavy (non-hydrogen) atoms. The van der Waals surface area contributed by atoms with Crippen LogP contribution in [0.1, 0.15) is 68.6 Å². The number of imidazole rings is 3. The van der Waals surface area contributed by atoms with Gasteiger partial charge in [0.05, 0.1) is 58.6 Å². The molecular formula is C62H75F3N15O18P3. The lowest BCUT2D eigenvalue weighted by atomic mass is 9.86. The van der Waals surface area contributed by atoms with Crippen molar-refractivity contribution in [2.45, 2.75) is 91.3 Å². The van der Waals surface area contributed by atoms with Gasteiger partial charge in [0.25, 0.3) is 16.7 Å². The van der Waals surface area contributed by atoms with E-state index in [-0.39, 0.29) is 148 Å². The highest BCUT2D eigenvalue weighted by molar-refractivity contribution is 7.54. The first-order valence-corrected chi connectivity index (χ1v) is 36.5. The number of halogens is 3. The van der Waals surface area contributed by atoms with Crippen molar-refractivity contribution in [3.05, 3.63) is 170 Å². The average molecular weight is 1470 g/mol. The minimum Gasteiger partial charge on any atom is -0.369 e. The fourth-order valence-electron chi connectivity index (χ4n) is 9.52. The Kier molecular flexibility index (Phi) is 28.9. The van der Waals surface area contributed by atoms with Gasteiger partial charge in [0.1, 0.15) is 56.3 Å². The van der Waals surface area contributed by atoms with E-state index in [1.807, 2.05) is 0 Å². The fraction of sp³-hybridized carbons (Fsp3) is 0.387. The number of nitrogen functional groups attached to an aromatic ring is 3. The molecule has 3 atom stereocenters. The molecule has 0 saturated heterocycles. The van der Waals surface area contributed by atoms with Gasteiger partial charge in [0.2, 0.25) is 17.8 Å². The zero-order valence-corrected chi connectivity index (χ0v) is 57.3. The van der Waals surface area contributed by atoms with Crippen molar-refractivity contribution < 1.29 is 82.6 Å². The second-order valence-corrected chi connectivity index (χ2v) is 28.4. The van der Waals surface area contributed by atoms with E-state index in [0.717, 1.165) is 32.1 Å². The Balaban J connectivity index is 0.000000193. The van der Waals surface area contributed by atoms with Crippen LogP contribution in [-0.2, 0) is 109 Å². The van der Waals surface area contributed by atoms with Crippen LogP contribution in [-0.4, -0.2) is 135 Å². The number of hydrogen-bond acceptors (Lipinski definition) is 27. The van der Waals surface area contributed by atoms with Crippen LogP contribution in [0.2, 0.25) is 0 Å². The molecular weight excluding hydrogens is 1390 g/mol. The summed E-state index contributed by atoms with van der Waals surface area (Å²) in [6.45, 7) is 4.21. The average Bonchev–Trinajstić information content (AvgIpc) is 1.69. The zero-order valence-electron chi connectivity index (χ0n) is 54.7. The number of allylic oxidation sites excluding steroid dienone is 1. The van der Waals surface area contributed by atoms with Crippen molar-refractivity contribution in [2.24, 2.45) is 5.92 Å². The minimum absolute atomic E-state index is 0.0388. The molecule has 0 amide bonds. The molecule has 0 bridgehead atoms. The molecule has 1 fully saturated rings. The summed E-state index contributed by atoms with van der Waals surface area (Å²) in [7, 11) is -11.5. The summed E-state index contributed by atoms with van der Waals surface area (Å²) in [6.07, 6.45) is 9.30. The number of fused-ring (bicyclic) bond motifs is 3. The number of ketones is 3. The lowest BCUT2D eigenvalue weighted by molar-refractivity contribution is -0.126. The quantitative estimate of drug-likeness (QED) is 0.0122. The number of nitrogens with zero attached hydrogens (tertiary/aromatic N) is 9. The fourth-order valence-corrected chi connectivity index (χ4v) is 13.3. The Morgan fingerprint density at radius 3 is 1.22 bits per heavy atom. The molecule has 9 aromatic rings. The smallest absolute Gasteiger partial charge is 0.356 e. The summed E-state index contributed by atoms with van der Waals surface area (Å²) < 4.78 is 133. The van der Waals surface area contributed by atoms with Crippen LogP contribution in [0, 0.1) is 23.4 Å². The Morgan fingerprint density at radius 1 is 0.535 bits per heavy atom. The van der Waals surface area contributed by atoms with Gasteiger partial charge in [-0.3, -0.25) is 71.0 Å². The van der Waals surface area contributed by atoms with Gasteiger partial charge >= 0.3 is 22.8 Å². The second-order valence-electron chi connectivity index (χ2n) is 22.4. The number of aromatic nitrogens is 12. The van der Waals surface area contributed by atoms with Gasteiger partial charge in [-0.05, 0) is 65.9 Å². The highest BCUT2D eigenvalue weighted by Gasteiger charge is 2.31. The number of ether oxygens (including phenoxy) is 3. The molecule has 1 aliphatic rings. The highest BCUT2D eigenvalue weighted by Crippen LogP contribution is 2.51. The van der Waals surface area contributed by atoms with Crippen LogP contribution in [0.25, 0.3) is 33.5 Å². The summed E-state index contributed by atoms with van der Waals surface area (Å²) >= 11 is 0. The molecule has 9 N–H and O–H groups in total. The van der Waals surface area contributed by atoms with Gasteiger partial charge in [-0.15, -0.1) is 6.58 Å². The molecule has 1 saturated carbocycles. The molecule has 542 valence electrons. The van der Waals surface area contributed by atoms with Gasteiger partial charge < -0.3 is 58.7 Å². The maximum Gasteiger partial charge on any atom is 0.356 e. The molecule has 3 aromatic carbocycles. The number of carbonyl (C=O) groups is 3. The molecule has 33 nitrogen and oxygen atoms in total. The Bertz CT molecular complexity index is 4660. The first-order chi connectivity index (χ1) is 48.4. The molecule has 1 aliphatic carbocycles. The summed E-state index contributed by atoms with van der Waals surface area (Å²) in [6, 6.07) is 16.9. The predicted octanol–water partition coefficient (Wildman–Crippen LogP) is 8.00. The highest BCUT2D eigenvalue weighted by atomic mass is 31.2. The third-order valence-corrected chi connectivity index (χ3v) is 19.3. The van der Waals surface area contributed by atoms with Crippen LogP contribution in [0.15, 0.2) is 119 Å². The number of Topliss-reactive ketones (excluding diaryl/α,β-unsaturated/α-hetero) is 3. The van der Waals surface area contributed by atoms with E-state index >= 15 is 0 Å². The Hall–Kier alpha value is -9.02. The van der Waals surface area contributed by atoms with E-state index in [2.05, 4.69) is 51.4 Å². The third kappa shape index (κ3) is 24.1. The van der Waals surface area contributed by atoms with Crippen LogP contribution in [0.4, 0.5) is 31.0 Å². The number of nitrogens with one attached hydrogen (secondary N) is 3. The first kappa shape index (κ1) is 77.7. The Morgan fingerprint density at radius 2 is 0.881 bits per heavy atom. The third-order valence-electron chi connectivity index (χ3n) is 14.7. The molecule has 39 heteroatoms. The predicted molar refractivity (Wildman–Crippen MR) is 361 cm³/mol. The number of benzene rings is 3. The maximum atomic E-state index is 13.5. The summed E-state index contributed by atoms with van der Waals surface area (Å²) in [5.74, 6) is -2.31. The van der Waals surface area contributed by atoms with E-state index in [1.54, 1.807) is 38.8 Å². The maximum absolute atomic E-state index is 13.5. The van der Waals surface area contributed by atoms with Gasteiger partial charge in [0, 0.05) is 38.4 Å². The van der Waals surface area contributed by atoms with Crippen molar-refractivity contribution in [3.63, 3.8) is 0 Å². The molecule has 10 rings (SSSR count). The standard InChI is InChI=1S/C23H29FN5O6P.C20H23FN5O6P.C19H23FN5O6P/c24-18-8-4-5-16(11-18)12-34-36(32,35-13-19(30)17-6-2-1-3-7-17)15-33-10-9-29-14-26-20-21(29)27-23(25)28-22(20)31;1-2-4-16(27)11-32-33(29,31-10-14-5-3-6-15(21)9-14)13-30-8-7-26-12-23-17-18(26)24-20(22)25-19(17)28;1-2-15(26)10-31-32(28,30-9-13-4-3-5-14(20)8-13)12-29-7-6-25-11-22-16-17(25)23-19(21)24-18(16)27/h4-5,8,11,14,17H,1-3,6-7,9-10,12-13,15H2,(H3,25,27,28,31);2-3,5-6,9,12H,1,4,7-8,10-11,13H2,(H3,22,24,25,28);3-5,8,11H,2,6-7,9-10,12H2,1H3,(H3,21,23,24,27). The van der Waals surface area contributed by atoms with Crippen molar-refractivity contribution in [1.82, 2.24) is 58.6 Å². The molecule has 0 spiro atoms. The van der Waals surface area contributed by atoms with Crippen molar-refractivity contribution in [2.75, 3.05) is 75.9 Å². The van der Waals surface area contributed by atoms with Crippen LogP contribution >= 0.6 is 22.8 Å². The van der Waals surface area contributed by atoms with Gasteiger partial charge in [-0.1, -0.05) is 68.7 Å². The van der Waals surface area contributed by atoms with Crippen molar-refractivity contribution in [1.29, 1.82) is 0 Å². The van der Waals surface area contributed by atoms with E-state index in [0.29, 0.717) is 22.3 Å². The minimum atomic E-state index is -3.86. The van der Waals surface area contributed by atoms with Crippen LogP contribution in [0.3, 0.4) is 0 Å². The number of hydrogen-bond donors (Lipinski definition) is 6. The van der Waals surface area contributed by atoms with Crippen LogP contribution < -0.4 is 33.9 Å². The van der Waals surface area contributed by atoms with E-state index in [4.69, 9.17) is 58.6 Å². The van der Waals surface area contributed by atoms with Gasteiger partial charge in [-0.2, -0.15) is 15.0 Å². The Labute approximate surface area is 573 Å².